The highest BCUT2D eigenvalue weighted by atomic mass is 16.5. The van der Waals surface area contributed by atoms with E-state index in [0.29, 0.717) is 6.04 Å². The summed E-state index contributed by atoms with van der Waals surface area (Å²) in [6, 6.07) is 0.526. The lowest BCUT2D eigenvalue weighted by atomic mass is 9.92. The third kappa shape index (κ3) is 3.14. The van der Waals surface area contributed by atoms with E-state index in [0.717, 1.165) is 29.6 Å². The van der Waals surface area contributed by atoms with E-state index in [4.69, 9.17) is 4.74 Å². The van der Waals surface area contributed by atoms with Crippen molar-refractivity contribution in [2.45, 2.75) is 52.5 Å². The summed E-state index contributed by atoms with van der Waals surface area (Å²) >= 11 is 0. The normalized spacial score (nSPS) is 23.9. The Labute approximate surface area is 123 Å². The van der Waals surface area contributed by atoms with Crippen LogP contribution in [0.5, 0.6) is 5.75 Å². The molecule has 2 rings (SSSR count). The minimum Gasteiger partial charge on any atom is -0.496 e. The van der Waals surface area contributed by atoms with Crippen LogP contribution in [-0.2, 0) is 6.42 Å². The van der Waals surface area contributed by atoms with Crippen LogP contribution in [0.25, 0.3) is 0 Å². The maximum atomic E-state index is 5.51. The van der Waals surface area contributed by atoms with Crippen LogP contribution >= 0.6 is 0 Å². The first-order valence-electron chi connectivity index (χ1n) is 7.73. The molecule has 1 saturated carbocycles. The Bertz CT molecular complexity index is 459. The van der Waals surface area contributed by atoms with Gasteiger partial charge in [0, 0.05) is 35.5 Å². The van der Waals surface area contributed by atoms with E-state index in [-0.39, 0.29) is 0 Å². The second kappa shape index (κ2) is 6.57. The summed E-state index contributed by atoms with van der Waals surface area (Å²) in [6.07, 6.45) is 6.98. The first-order valence-corrected chi connectivity index (χ1v) is 7.73. The lowest BCUT2D eigenvalue weighted by Crippen LogP contribution is -2.35. The first kappa shape index (κ1) is 15.3. The van der Waals surface area contributed by atoms with Gasteiger partial charge in [-0.15, -0.1) is 0 Å². The van der Waals surface area contributed by atoms with Gasteiger partial charge in [0.25, 0.3) is 0 Å². The van der Waals surface area contributed by atoms with Crippen LogP contribution in [0.1, 0.15) is 43.0 Å². The molecule has 1 aromatic heterocycles. The van der Waals surface area contributed by atoms with Crippen molar-refractivity contribution in [3.63, 3.8) is 0 Å². The SMILES string of the molecule is CNC(Cc1ncc(C)c(OC)c1C)C1CCC(C)C1. The van der Waals surface area contributed by atoms with Crippen LogP contribution in [0.15, 0.2) is 6.20 Å². The number of hydrogen-bond acceptors (Lipinski definition) is 3. The molecular weight excluding hydrogens is 248 g/mol. The molecule has 1 aromatic rings. The summed E-state index contributed by atoms with van der Waals surface area (Å²) in [4.78, 5) is 4.64. The molecule has 0 radical (unpaired) electrons. The highest BCUT2D eigenvalue weighted by Crippen LogP contribution is 2.34. The van der Waals surface area contributed by atoms with Crippen molar-refractivity contribution in [3.05, 3.63) is 23.0 Å². The number of likely N-dealkylation sites (N-methyl/N-ethyl adjacent to an activating group) is 1. The van der Waals surface area contributed by atoms with Crippen molar-refractivity contribution in [3.8, 4) is 5.75 Å². The van der Waals surface area contributed by atoms with E-state index in [2.05, 4.69) is 38.1 Å². The zero-order valence-corrected chi connectivity index (χ0v) is 13.5. The van der Waals surface area contributed by atoms with Gasteiger partial charge in [-0.1, -0.05) is 13.3 Å². The van der Waals surface area contributed by atoms with Gasteiger partial charge in [0.2, 0.25) is 0 Å². The number of pyridine rings is 1. The van der Waals surface area contributed by atoms with E-state index < -0.39 is 0 Å². The molecule has 1 fully saturated rings. The van der Waals surface area contributed by atoms with Crippen molar-refractivity contribution in [2.75, 3.05) is 14.2 Å². The Morgan fingerprint density at radius 2 is 2.15 bits per heavy atom. The number of nitrogens with one attached hydrogen (secondary N) is 1. The first-order chi connectivity index (χ1) is 9.56. The summed E-state index contributed by atoms with van der Waals surface area (Å²) in [5.41, 5.74) is 3.48. The molecule has 112 valence electrons. The zero-order valence-electron chi connectivity index (χ0n) is 13.5. The smallest absolute Gasteiger partial charge is 0.128 e. The molecule has 1 N–H and O–H groups in total. The Hall–Kier alpha value is -1.09. The summed E-state index contributed by atoms with van der Waals surface area (Å²) < 4.78 is 5.51. The highest BCUT2D eigenvalue weighted by Gasteiger charge is 2.28. The monoisotopic (exact) mass is 276 g/mol. The Balaban J connectivity index is 2.15. The number of aromatic nitrogens is 1. The van der Waals surface area contributed by atoms with Crippen LogP contribution < -0.4 is 10.1 Å². The van der Waals surface area contributed by atoms with Gasteiger partial charge >= 0.3 is 0 Å². The molecule has 0 spiro atoms. The molecule has 3 unspecified atom stereocenters. The molecule has 3 nitrogen and oxygen atoms in total. The lowest BCUT2D eigenvalue weighted by molar-refractivity contribution is 0.363. The quantitative estimate of drug-likeness (QED) is 0.896. The number of rotatable bonds is 5. The van der Waals surface area contributed by atoms with Gasteiger partial charge in [0.05, 0.1) is 7.11 Å². The molecule has 0 aromatic carbocycles. The van der Waals surface area contributed by atoms with Gasteiger partial charge in [-0.3, -0.25) is 4.98 Å². The van der Waals surface area contributed by atoms with Gasteiger partial charge in [-0.05, 0) is 45.6 Å². The van der Waals surface area contributed by atoms with Gasteiger partial charge in [-0.25, -0.2) is 0 Å². The molecule has 1 aliphatic carbocycles. The molecule has 20 heavy (non-hydrogen) atoms. The average molecular weight is 276 g/mol. The third-order valence-electron chi connectivity index (χ3n) is 4.84. The molecule has 0 amide bonds. The van der Waals surface area contributed by atoms with Crippen molar-refractivity contribution < 1.29 is 4.74 Å². The number of ether oxygens (including phenoxy) is 1. The molecule has 0 saturated heterocycles. The molecular formula is C17H28N2O. The van der Waals surface area contributed by atoms with E-state index in [1.807, 2.05) is 6.20 Å². The van der Waals surface area contributed by atoms with Crippen LogP contribution in [0.3, 0.4) is 0 Å². The standard InChI is InChI=1S/C17H28N2O/c1-11-6-7-14(8-11)16(18-4)9-15-13(3)17(20-5)12(2)10-19-15/h10-11,14,16,18H,6-9H2,1-5H3. The maximum absolute atomic E-state index is 5.51. The lowest BCUT2D eigenvalue weighted by Gasteiger charge is -2.24. The number of nitrogens with zero attached hydrogens (tertiary/aromatic N) is 1. The topological polar surface area (TPSA) is 34.2 Å². The maximum Gasteiger partial charge on any atom is 0.128 e. The zero-order chi connectivity index (χ0) is 14.7. The second-order valence-electron chi connectivity index (χ2n) is 6.32. The van der Waals surface area contributed by atoms with Crippen LogP contribution in [0.2, 0.25) is 0 Å². The average Bonchev–Trinajstić information content (AvgIpc) is 2.85. The summed E-state index contributed by atoms with van der Waals surface area (Å²) in [5.74, 6) is 2.64. The van der Waals surface area contributed by atoms with E-state index >= 15 is 0 Å². The number of methoxy groups -OCH3 is 1. The molecule has 1 heterocycles. The molecule has 3 atom stereocenters. The van der Waals surface area contributed by atoms with Gasteiger partial charge in [-0.2, -0.15) is 0 Å². The largest absolute Gasteiger partial charge is 0.496 e. The summed E-state index contributed by atoms with van der Waals surface area (Å²) in [7, 11) is 3.82. The van der Waals surface area contributed by atoms with Crippen molar-refractivity contribution in [1.29, 1.82) is 0 Å². The van der Waals surface area contributed by atoms with E-state index in [9.17, 15) is 0 Å². The molecule has 0 bridgehead atoms. The van der Waals surface area contributed by atoms with Crippen LogP contribution in [0, 0.1) is 25.7 Å². The Kier molecular flexibility index (Phi) is 5.03. The second-order valence-corrected chi connectivity index (χ2v) is 6.32. The molecule has 0 aliphatic heterocycles. The predicted octanol–water partition coefficient (Wildman–Crippen LogP) is 3.27. The molecule has 1 aliphatic rings. The predicted molar refractivity (Wildman–Crippen MR) is 83.3 cm³/mol. The number of aryl methyl sites for hydroxylation is 1. The third-order valence-corrected chi connectivity index (χ3v) is 4.84. The van der Waals surface area contributed by atoms with Crippen molar-refractivity contribution in [1.82, 2.24) is 10.3 Å². The van der Waals surface area contributed by atoms with Crippen molar-refractivity contribution in [2.24, 2.45) is 11.8 Å². The number of hydrogen-bond donors (Lipinski definition) is 1. The molecule has 3 heteroatoms. The van der Waals surface area contributed by atoms with Crippen molar-refractivity contribution >= 4 is 0 Å². The van der Waals surface area contributed by atoms with Gasteiger partial charge < -0.3 is 10.1 Å². The van der Waals surface area contributed by atoms with E-state index in [1.165, 1.54) is 30.5 Å². The minimum atomic E-state index is 0.526. The van der Waals surface area contributed by atoms with E-state index in [1.54, 1.807) is 7.11 Å². The van der Waals surface area contributed by atoms with Crippen LogP contribution in [0.4, 0.5) is 0 Å². The highest BCUT2D eigenvalue weighted by molar-refractivity contribution is 5.41. The summed E-state index contributed by atoms with van der Waals surface area (Å²) in [6.45, 7) is 6.54. The summed E-state index contributed by atoms with van der Waals surface area (Å²) in [5, 5.41) is 3.51. The fourth-order valence-corrected chi connectivity index (χ4v) is 3.61. The van der Waals surface area contributed by atoms with Gasteiger partial charge in [0.1, 0.15) is 5.75 Å². The fraction of sp³-hybridized carbons (Fsp3) is 0.706. The minimum absolute atomic E-state index is 0.526. The Morgan fingerprint density at radius 3 is 2.70 bits per heavy atom. The van der Waals surface area contributed by atoms with Crippen LogP contribution in [-0.4, -0.2) is 25.2 Å². The van der Waals surface area contributed by atoms with Gasteiger partial charge in [0.15, 0.2) is 0 Å². The Morgan fingerprint density at radius 1 is 1.40 bits per heavy atom. The fourth-order valence-electron chi connectivity index (χ4n) is 3.61.